The third-order valence-electron chi connectivity index (χ3n) is 7.10. The van der Waals surface area contributed by atoms with E-state index >= 15 is 0 Å². The van der Waals surface area contributed by atoms with Gasteiger partial charge in [0.1, 0.15) is 5.75 Å². The minimum Gasteiger partial charge on any atom is -0.497 e. The summed E-state index contributed by atoms with van der Waals surface area (Å²) in [6.07, 6.45) is 3.81. The molecule has 0 radical (unpaired) electrons. The Balaban J connectivity index is 1.23. The van der Waals surface area contributed by atoms with Crippen LogP contribution in [0.25, 0.3) is 0 Å². The normalized spacial score (nSPS) is 18.2. The largest absolute Gasteiger partial charge is 0.497 e. The smallest absolute Gasteiger partial charge is 0.253 e. The third-order valence-corrected chi connectivity index (χ3v) is 7.10. The van der Waals surface area contributed by atoms with Crippen molar-refractivity contribution in [1.82, 2.24) is 14.7 Å². The molecule has 176 valence electrons. The van der Waals surface area contributed by atoms with Crippen LogP contribution in [-0.2, 0) is 11.3 Å². The minimum absolute atomic E-state index is 0.0816. The van der Waals surface area contributed by atoms with Gasteiger partial charge in [-0.25, -0.2) is 0 Å². The highest BCUT2D eigenvalue weighted by atomic mass is 16.5. The first-order valence-corrected chi connectivity index (χ1v) is 12.0. The molecule has 0 spiro atoms. The number of likely N-dealkylation sites (tertiary alicyclic amines) is 2. The summed E-state index contributed by atoms with van der Waals surface area (Å²) in [6, 6.07) is 18.0. The molecule has 2 fully saturated rings. The summed E-state index contributed by atoms with van der Waals surface area (Å²) in [4.78, 5) is 32.2. The van der Waals surface area contributed by atoms with Crippen LogP contribution in [0.5, 0.6) is 5.75 Å². The molecule has 0 unspecified atom stereocenters. The van der Waals surface area contributed by atoms with Crippen molar-refractivity contribution in [1.29, 1.82) is 0 Å². The number of carbonyl (C=O) groups excluding carboxylic acids is 2. The van der Waals surface area contributed by atoms with Gasteiger partial charge >= 0.3 is 0 Å². The Morgan fingerprint density at radius 2 is 1.64 bits per heavy atom. The van der Waals surface area contributed by atoms with E-state index < -0.39 is 0 Å². The van der Waals surface area contributed by atoms with E-state index in [4.69, 9.17) is 4.74 Å². The summed E-state index contributed by atoms with van der Waals surface area (Å²) in [5.41, 5.74) is 1.85. The predicted octanol–water partition coefficient (Wildman–Crippen LogP) is 3.67. The molecule has 6 nitrogen and oxygen atoms in total. The summed E-state index contributed by atoms with van der Waals surface area (Å²) >= 11 is 0. The molecular weight excluding hydrogens is 414 g/mol. The van der Waals surface area contributed by atoms with Gasteiger partial charge in [0.05, 0.1) is 7.11 Å². The lowest BCUT2D eigenvalue weighted by molar-refractivity contribution is -0.136. The van der Waals surface area contributed by atoms with E-state index in [0.29, 0.717) is 23.9 Å². The maximum absolute atomic E-state index is 12.9. The van der Waals surface area contributed by atoms with Gasteiger partial charge in [0.15, 0.2) is 0 Å². The zero-order valence-corrected chi connectivity index (χ0v) is 19.8. The second-order valence-corrected chi connectivity index (χ2v) is 9.25. The van der Waals surface area contributed by atoms with Gasteiger partial charge in [0.25, 0.3) is 5.91 Å². The van der Waals surface area contributed by atoms with Crippen molar-refractivity contribution >= 4 is 11.8 Å². The average Bonchev–Trinajstić information content (AvgIpc) is 2.88. The van der Waals surface area contributed by atoms with Gasteiger partial charge in [-0.3, -0.25) is 9.59 Å². The average molecular weight is 450 g/mol. The summed E-state index contributed by atoms with van der Waals surface area (Å²) in [5, 5.41) is 0. The van der Waals surface area contributed by atoms with Crippen molar-refractivity contribution in [2.45, 2.75) is 38.3 Å². The topological polar surface area (TPSA) is 53.1 Å². The van der Waals surface area contributed by atoms with Crippen LogP contribution in [0.4, 0.5) is 0 Å². The molecule has 2 aromatic carbocycles. The Bertz CT molecular complexity index is 933. The quantitative estimate of drug-likeness (QED) is 0.675. The first-order valence-electron chi connectivity index (χ1n) is 12.0. The summed E-state index contributed by atoms with van der Waals surface area (Å²) in [6.45, 7) is 4.15. The molecule has 0 bridgehead atoms. The molecule has 0 N–H and O–H groups in total. The molecule has 2 amide bonds. The van der Waals surface area contributed by atoms with Gasteiger partial charge in [0.2, 0.25) is 5.91 Å². The van der Waals surface area contributed by atoms with E-state index in [-0.39, 0.29) is 17.7 Å². The van der Waals surface area contributed by atoms with Crippen molar-refractivity contribution in [2.75, 3.05) is 40.3 Å². The minimum atomic E-state index is 0.0816. The molecule has 0 saturated carbocycles. The Morgan fingerprint density at radius 1 is 0.939 bits per heavy atom. The summed E-state index contributed by atoms with van der Waals surface area (Å²) < 4.78 is 5.25. The first-order chi connectivity index (χ1) is 16.0. The zero-order chi connectivity index (χ0) is 23.2. The van der Waals surface area contributed by atoms with Crippen LogP contribution in [0.1, 0.15) is 41.6 Å². The maximum atomic E-state index is 12.9. The van der Waals surface area contributed by atoms with Crippen LogP contribution >= 0.6 is 0 Å². The number of amides is 2. The van der Waals surface area contributed by atoms with Crippen molar-refractivity contribution < 1.29 is 14.3 Å². The molecule has 0 atom stereocenters. The molecule has 2 aromatic rings. The van der Waals surface area contributed by atoms with Gasteiger partial charge in [-0.2, -0.15) is 0 Å². The number of carbonyl (C=O) groups is 2. The van der Waals surface area contributed by atoms with Crippen molar-refractivity contribution in [2.24, 2.45) is 5.92 Å². The van der Waals surface area contributed by atoms with Crippen LogP contribution < -0.4 is 4.74 Å². The molecular formula is C27H35N3O3. The first kappa shape index (κ1) is 23.3. The molecule has 2 aliphatic rings. The summed E-state index contributed by atoms with van der Waals surface area (Å²) in [5.74, 6) is 1.17. The van der Waals surface area contributed by atoms with Crippen molar-refractivity contribution in [3.8, 4) is 5.75 Å². The number of nitrogens with zero attached hydrogens (tertiary/aromatic N) is 3. The molecule has 0 aromatic heterocycles. The lowest BCUT2D eigenvalue weighted by Crippen LogP contribution is -2.50. The maximum Gasteiger partial charge on any atom is 0.253 e. The molecule has 4 rings (SSSR count). The second kappa shape index (κ2) is 10.8. The third kappa shape index (κ3) is 5.74. The highest BCUT2D eigenvalue weighted by Gasteiger charge is 2.32. The SMILES string of the molecule is COc1cccc(C(=O)N2CCC(N3CCC(C(=O)N(C)Cc4ccccc4)CC3)CC2)c1. The fourth-order valence-corrected chi connectivity index (χ4v) is 5.13. The standard InChI is InChI=1S/C27H35N3O3/c1-28(20-21-7-4-3-5-8-21)26(31)22-11-15-29(16-12-22)24-13-17-30(18-14-24)27(32)23-9-6-10-25(19-23)33-2/h3-10,19,22,24H,11-18,20H2,1-2H3. The molecule has 2 saturated heterocycles. The second-order valence-electron chi connectivity index (χ2n) is 9.25. The Hall–Kier alpha value is -2.86. The van der Waals surface area contributed by atoms with Crippen LogP contribution in [0.3, 0.4) is 0 Å². The fraction of sp³-hybridized carbons (Fsp3) is 0.481. The Kier molecular flexibility index (Phi) is 7.65. The van der Waals surface area contributed by atoms with Crippen LogP contribution in [0.15, 0.2) is 54.6 Å². The number of hydrogen-bond acceptors (Lipinski definition) is 4. The molecule has 2 heterocycles. The van der Waals surface area contributed by atoms with Crippen LogP contribution in [-0.4, -0.2) is 72.9 Å². The van der Waals surface area contributed by atoms with E-state index in [9.17, 15) is 9.59 Å². The molecule has 6 heteroatoms. The summed E-state index contributed by atoms with van der Waals surface area (Å²) in [7, 11) is 3.53. The van der Waals surface area contributed by atoms with E-state index in [2.05, 4.69) is 17.0 Å². The number of benzene rings is 2. The number of piperidine rings is 2. The van der Waals surface area contributed by atoms with Gasteiger partial charge in [-0.05, 0) is 62.5 Å². The van der Waals surface area contributed by atoms with Crippen LogP contribution in [0, 0.1) is 5.92 Å². The van der Waals surface area contributed by atoms with Gasteiger partial charge in [-0.15, -0.1) is 0 Å². The van der Waals surface area contributed by atoms with Gasteiger partial charge in [0, 0.05) is 44.2 Å². The van der Waals surface area contributed by atoms with E-state index in [0.717, 1.165) is 51.9 Å². The molecule has 0 aliphatic carbocycles. The monoisotopic (exact) mass is 449 g/mol. The number of rotatable bonds is 6. The number of ether oxygens (including phenoxy) is 1. The highest BCUT2D eigenvalue weighted by molar-refractivity contribution is 5.94. The van der Waals surface area contributed by atoms with Crippen molar-refractivity contribution in [3.05, 3.63) is 65.7 Å². The number of hydrogen-bond donors (Lipinski definition) is 0. The lowest BCUT2D eigenvalue weighted by Gasteiger charge is -2.42. The Labute approximate surface area is 197 Å². The number of methoxy groups -OCH3 is 1. The Morgan fingerprint density at radius 3 is 2.30 bits per heavy atom. The highest BCUT2D eigenvalue weighted by Crippen LogP contribution is 2.26. The zero-order valence-electron chi connectivity index (χ0n) is 19.8. The van der Waals surface area contributed by atoms with E-state index in [1.807, 2.05) is 59.3 Å². The fourth-order valence-electron chi connectivity index (χ4n) is 5.13. The molecule has 33 heavy (non-hydrogen) atoms. The van der Waals surface area contributed by atoms with Gasteiger partial charge < -0.3 is 19.4 Å². The molecule has 2 aliphatic heterocycles. The van der Waals surface area contributed by atoms with Crippen LogP contribution in [0.2, 0.25) is 0 Å². The van der Waals surface area contributed by atoms with E-state index in [1.54, 1.807) is 7.11 Å². The van der Waals surface area contributed by atoms with Crippen molar-refractivity contribution in [3.63, 3.8) is 0 Å². The van der Waals surface area contributed by atoms with E-state index in [1.165, 1.54) is 5.56 Å². The predicted molar refractivity (Wildman–Crippen MR) is 129 cm³/mol. The van der Waals surface area contributed by atoms with Gasteiger partial charge in [-0.1, -0.05) is 36.4 Å². The lowest BCUT2D eigenvalue weighted by atomic mass is 9.92.